The van der Waals surface area contributed by atoms with Gasteiger partial charge in [0.25, 0.3) is 0 Å². The molecule has 0 radical (unpaired) electrons. The Morgan fingerprint density at radius 1 is 1.35 bits per heavy atom. The molecule has 174 valence electrons. The minimum absolute atomic E-state index is 0.0151. The zero-order valence-electron chi connectivity index (χ0n) is 19.3. The fraction of sp³-hybridized carbons (Fsp3) is 0.682. The van der Waals surface area contributed by atoms with Gasteiger partial charge in [0.05, 0.1) is 6.10 Å². The molecular weight excluding hydrogens is 418 g/mol. The first-order chi connectivity index (χ1) is 14.5. The van der Waals surface area contributed by atoms with E-state index in [1.165, 1.54) is 11.3 Å². The second-order valence-corrected chi connectivity index (χ2v) is 10.1. The number of ketones is 1. The number of thiophene rings is 1. The van der Waals surface area contributed by atoms with Gasteiger partial charge in [0.15, 0.2) is 5.78 Å². The number of carbonyl (C=O) groups excluding carboxylic acids is 3. The molecule has 1 aromatic heterocycles. The lowest BCUT2D eigenvalue weighted by Crippen LogP contribution is -2.55. The molecule has 8 nitrogen and oxygen atoms in total. The molecule has 1 aliphatic rings. The molecule has 1 saturated heterocycles. The van der Waals surface area contributed by atoms with Gasteiger partial charge in [-0.15, -0.1) is 11.3 Å². The summed E-state index contributed by atoms with van der Waals surface area (Å²) < 4.78 is 10.9. The van der Waals surface area contributed by atoms with Crippen LogP contribution in [-0.2, 0) is 14.3 Å². The molecule has 2 heterocycles. The molecular formula is C22H35N3O5S. The van der Waals surface area contributed by atoms with Crippen molar-refractivity contribution in [3.8, 4) is 5.75 Å². The second kappa shape index (κ2) is 11.1. The quantitative estimate of drug-likeness (QED) is 0.565. The van der Waals surface area contributed by atoms with Gasteiger partial charge in [-0.3, -0.25) is 9.59 Å². The normalized spacial score (nSPS) is 20.2. The van der Waals surface area contributed by atoms with Crippen LogP contribution in [0.2, 0.25) is 0 Å². The molecule has 0 spiro atoms. The van der Waals surface area contributed by atoms with Gasteiger partial charge < -0.3 is 25.0 Å². The number of carbonyl (C=O) groups is 3. The highest BCUT2D eigenvalue weighted by Crippen LogP contribution is 2.31. The van der Waals surface area contributed by atoms with E-state index >= 15 is 0 Å². The van der Waals surface area contributed by atoms with Gasteiger partial charge in [-0.05, 0) is 49.7 Å². The standard InChI is InChI=1S/C22H35N3O5S/c1-14(2)22(3,4)11-16(23-21(28)30-15-8-10-31-13-15)20(27)24-19-17(26)12-29-18(19)7-9-25(5)6/h8,10,13-14,16,18-19H,7,9,11-12H2,1-6H3,(H,23,28)(H,24,27)/t16-,18?,19?/m0/s1. The third-order valence-corrected chi connectivity index (χ3v) is 6.59. The molecule has 1 fully saturated rings. The van der Waals surface area contributed by atoms with Crippen LogP contribution < -0.4 is 15.4 Å². The van der Waals surface area contributed by atoms with Crippen LogP contribution in [0.4, 0.5) is 4.79 Å². The molecule has 9 heteroatoms. The first-order valence-electron chi connectivity index (χ1n) is 10.6. The monoisotopic (exact) mass is 453 g/mol. The van der Waals surface area contributed by atoms with Crippen molar-refractivity contribution in [1.29, 1.82) is 0 Å². The van der Waals surface area contributed by atoms with Crippen molar-refractivity contribution >= 4 is 29.1 Å². The lowest BCUT2D eigenvalue weighted by molar-refractivity contribution is -0.128. The van der Waals surface area contributed by atoms with Crippen LogP contribution in [-0.4, -0.2) is 68.1 Å². The number of hydrogen-bond donors (Lipinski definition) is 2. The maximum atomic E-state index is 13.2. The smallest absolute Gasteiger partial charge is 0.409 e. The fourth-order valence-corrected chi connectivity index (χ4v) is 3.76. The largest absolute Gasteiger partial charge is 0.413 e. The Bertz CT molecular complexity index is 748. The molecule has 2 amide bonds. The van der Waals surface area contributed by atoms with E-state index in [4.69, 9.17) is 9.47 Å². The van der Waals surface area contributed by atoms with Crippen molar-refractivity contribution in [3.05, 3.63) is 16.8 Å². The first-order valence-corrected chi connectivity index (χ1v) is 11.5. The summed E-state index contributed by atoms with van der Waals surface area (Å²) >= 11 is 1.41. The zero-order chi connectivity index (χ0) is 23.2. The SMILES string of the molecule is CC(C)C(C)(C)C[C@H](NC(=O)Oc1ccsc1)C(=O)NC1C(=O)COC1CCN(C)C. The minimum Gasteiger partial charge on any atom is -0.409 e. The topological polar surface area (TPSA) is 97.0 Å². The Balaban J connectivity index is 2.10. The Labute approximate surface area is 188 Å². The third-order valence-electron chi connectivity index (χ3n) is 5.92. The van der Waals surface area contributed by atoms with Gasteiger partial charge in [-0.2, -0.15) is 0 Å². The summed E-state index contributed by atoms with van der Waals surface area (Å²) in [5, 5.41) is 9.02. The van der Waals surface area contributed by atoms with Crippen LogP contribution in [0.25, 0.3) is 0 Å². The molecule has 0 bridgehead atoms. The molecule has 2 N–H and O–H groups in total. The van der Waals surface area contributed by atoms with Crippen molar-refractivity contribution in [2.75, 3.05) is 27.2 Å². The maximum Gasteiger partial charge on any atom is 0.413 e. The molecule has 1 aliphatic heterocycles. The van der Waals surface area contributed by atoms with Crippen molar-refractivity contribution in [1.82, 2.24) is 15.5 Å². The van der Waals surface area contributed by atoms with E-state index in [0.717, 1.165) is 6.54 Å². The Hall–Kier alpha value is -1.97. The molecule has 2 unspecified atom stereocenters. The average Bonchev–Trinajstić information content (AvgIpc) is 3.29. The second-order valence-electron chi connectivity index (χ2n) is 9.29. The van der Waals surface area contributed by atoms with Crippen LogP contribution >= 0.6 is 11.3 Å². The molecule has 0 aliphatic carbocycles. The maximum absolute atomic E-state index is 13.2. The van der Waals surface area contributed by atoms with Gasteiger partial charge in [0.2, 0.25) is 5.91 Å². The molecule has 0 aromatic carbocycles. The van der Waals surface area contributed by atoms with Gasteiger partial charge in [0, 0.05) is 11.9 Å². The molecule has 2 rings (SSSR count). The van der Waals surface area contributed by atoms with Gasteiger partial charge in [0.1, 0.15) is 24.4 Å². The van der Waals surface area contributed by atoms with Crippen molar-refractivity contribution < 1.29 is 23.9 Å². The summed E-state index contributed by atoms with van der Waals surface area (Å²) in [5.74, 6) is 0.143. The van der Waals surface area contributed by atoms with Crippen LogP contribution in [0.1, 0.15) is 40.5 Å². The Morgan fingerprint density at radius 3 is 2.65 bits per heavy atom. The Morgan fingerprint density at radius 2 is 2.06 bits per heavy atom. The van der Waals surface area contributed by atoms with Gasteiger partial charge >= 0.3 is 6.09 Å². The number of amides is 2. The highest BCUT2D eigenvalue weighted by molar-refractivity contribution is 7.08. The fourth-order valence-electron chi connectivity index (χ4n) is 3.21. The van der Waals surface area contributed by atoms with E-state index in [-0.39, 0.29) is 29.8 Å². The van der Waals surface area contributed by atoms with Crippen molar-refractivity contribution in [3.63, 3.8) is 0 Å². The van der Waals surface area contributed by atoms with Crippen molar-refractivity contribution in [2.24, 2.45) is 11.3 Å². The van der Waals surface area contributed by atoms with Crippen LogP contribution in [0, 0.1) is 11.3 Å². The zero-order valence-corrected chi connectivity index (χ0v) is 20.1. The third kappa shape index (κ3) is 7.59. The number of hydrogen-bond acceptors (Lipinski definition) is 7. The van der Waals surface area contributed by atoms with Crippen LogP contribution in [0.3, 0.4) is 0 Å². The lowest BCUT2D eigenvalue weighted by atomic mass is 9.76. The number of Topliss-reactive ketones (excluding diaryl/α,β-unsaturated/α-hetero) is 1. The number of nitrogens with one attached hydrogen (secondary N) is 2. The van der Waals surface area contributed by atoms with E-state index in [0.29, 0.717) is 18.6 Å². The van der Waals surface area contributed by atoms with Gasteiger partial charge in [-0.25, -0.2) is 4.79 Å². The minimum atomic E-state index is -0.841. The average molecular weight is 454 g/mol. The number of ether oxygens (including phenoxy) is 2. The van der Waals surface area contributed by atoms with E-state index < -0.39 is 24.1 Å². The predicted octanol–water partition coefficient (Wildman–Crippen LogP) is 2.68. The van der Waals surface area contributed by atoms with E-state index in [1.54, 1.807) is 16.8 Å². The van der Waals surface area contributed by atoms with Crippen LogP contribution in [0.5, 0.6) is 5.75 Å². The predicted molar refractivity (Wildman–Crippen MR) is 120 cm³/mol. The molecule has 0 saturated carbocycles. The molecule has 3 atom stereocenters. The number of rotatable bonds is 10. The first kappa shape index (κ1) is 25.3. The molecule has 1 aromatic rings. The molecule has 31 heavy (non-hydrogen) atoms. The summed E-state index contributed by atoms with van der Waals surface area (Å²) in [6.45, 7) is 8.97. The summed E-state index contributed by atoms with van der Waals surface area (Å²) in [4.78, 5) is 39.9. The van der Waals surface area contributed by atoms with E-state index in [9.17, 15) is 14.4 Å². The van der Waals surface area contributed by atoms with Gasteiger partial charge in [-0.1, -0.05) is 27.7 Å². The summed E-state index contributed by atoms with van der Waals surface area (Å²) in [6.07, 6.45) is -0.0506. The number of nitrogens with zero attached hydrogens (tertiary/aromatic N) is 1. The Kier molecular flexibility index (Phi) is 9.02. The highest BCUT2D eigenvalue weighted by atomic mass is 32.1. The summed E-state index contributed by atoms with van der Waals surface area (Å²) in [7, 11) is 3.88. The van der Waals surface area contributed by atoms with Crippen LogP contribution in [0.15, 0.2) is 16.8 Å². The summed E-state index contributed by atoms with van der Waals surface area (Å²) in [5.41, 5.74) is -0.224. The highest BCUT2D eigenvalue weighted by Gasteiger charge is 2.39. The summed E-state index contributed by atoms with van der Waals surface area (Å²) in [6, 6.07) is 0.125. The van der Waals surface area contributed by atoms with E-state index in [1.807, 2.05) is 32.8 Å². The van der Waals surface area contributed by atoms with E-state index in [2.05, 4.69) is 24.5 Å². The van der Waals surface area contributed by atoms with Crippen molar-refractivity contribution in [2.45, 2.75) is 58.7 Å². The lowest BCUT2D eigenvalue weighted by Gasteiger charge is -2.33.